The van der Waals surface area contributed by atoms with Gasteiger partial charge in [0.25, 0.3) is 0 Å². The molecular formula is C39H44ClF9N6O4. The summed E-state index contributed by atoms with van der Waals surface area (Å²) >= 11 is 6.62. The Bertz CT molecular complexity index is 2070. The van der Waals surface area contributed by atoms with Crippen LogP contribution in [0.3, 0.4) is 0 Å². The molecule has 2 aromatic heterocycles. The minimum Gasteiger partial charge on any atom is -0.359 e. The van der Waals surface area contributed by atoms with Crippen LogP contribution >= 0.6 is 11.6 Å². The number of ether oxygens (including phenoxy) is 1. The number of benzene rings is 1. The van der Waals surface area contributed by atoms with E-state index in [1.165, 1.54) is 6.07 Å². The predicted molar refractivity (Wildman–Crippen MR) is 195 cm³/mol. The second-order valence-electron chi connectivity index (χ2n) is 16.5. The van der Waals surface area contributed by atoms with E-state index < -0.39 is 70.3 Å². The lowest BCUT2D eigenvalue weighted by Gasteiger charge is -2.47. The first-order valence-corrected chi connectivity index (χ1v) is 19.2. The van der Waals surface area contributed by atoms with Crippen LogP contribution in [0.4, 0.5) is 39.5 Å². The number of carbonyl (C=O) groups is 3. The summed E-state index contributed by atoms with van der Waals surface area (Å²) in [5.41, 5.74) is 0.965. The summed E-state index contributed by atoms with van der Waals surface area (Å²) in [5.74, 6) is -11.3. The van der Waals surface area contributed by atoms with Gasteiger partial charge in [0.05, 0.1) is 27.9 Å². The zero-order chi connectivity index (χ0) is 44.2. The summed E-state index contributed by atoms with van der Waals surface area (Å²) in [5, 5.41) is 4.96. The summed E-state index contributed by atoms with van der Waals surface area (Å²) in [7, 11) is 0. The standard InChI is InChI=1S/C35H44ClF3N6O2.C4F6O2/c1-8-45-32(40-19-41-45)34(6,7)30-23-17-25(36)20(2)42-29(23)35(47-30)12-15-43(16-13-35)31(46)22-11-14-44(33(3,4)5)18-24(22)21-9-10-26(37)28(39)27(21)38;5-3(6,7)1(11)2(12)4(8,9)10/h9-10,17,19,22,24,30H,8,11-16,18H2,1-7H3;/t22?,24-,30?;/m0./s1. The number of alkyl halides is 6. The van der Waals surface area contributed by atoms with Crippen LogP contribution < -0.4 is 0 Å². The Balaban J connectivity index is 0.000000480. The van der Waals surface area contributed by atoms with Crippen molar-refractivity contribution in [2.24, 2.45) is 5.92 Å². The Morgan fingerprint density at radius 3 is 2.03 bits per heavy atom. The van der Waals surface area contributed by atoms with E-state index in [4.69, 9.17) is 21.3 Å². The van der Waals surface area contributed by atoms with Gasteiger partial charge in [0.1, 0.15) is 17.8 Å². The highest BCUT2D eigenvalue weighted by atomic mass is 35.5. The molecule has 3 aliphatic rings. The molecule has 3 aromatic rings. The quantitative estimate of drug-likeness (QED) is 0.139. The predicted octanol–water partition coefficient (Wildman–Crippen LogP) is 8.09. The van der Waals surface area contributed by atoms with Crippen molar-refractivity contribution in [3.8, 4) is 0 Å². The van der Waals surface area contributed by atoms with E-state index >= 15 is 4.39 Å². The molecule has 0 saturated carbocycles. The number of hydrogen-bond donors (Lipinski definition) is 0. The molecule has 3 atom stereocenters. The van der Waals surface area contributed by atoms with E-state index in [9.17, 15) is 49.5 Å². The third-order valence-corrected chi connectivity index (χ3v) is 11.7. The van der Waals surface area contributed by atoms with Crippen LogP contribution in [0.2, 0.25) is 5.02 Å². The van der Waals surface area contributed by atoms with Crippen molar-refractivity contribution >= 4 is 29.1 Å². The molecule has 0 aliphatic carbocycles. The molecule has 10 nitrogen and oxygen atoms in total. The first-order chi connectivity index (χ1) is 27.2. The van der Waals surface area contributed by atoms with Crippen molar-refractivity contribution in [1.82, 2.24) is 29.5 Å². The van der Waals surface area contributed by atoms with Gasteiger partial charge < -0.3 is 9.64 Å². The van der Waals surface area contributed by atoms with Crippen LogP contribution in [0.1, 0.15) is 101 Å². The normalized spacial score (nSPS) is 21.2. The Kier molecular flexibility index (Phi) is 12.8. The number of likely N-dealkylation sites (tertiary alicyclic amines) is 2. The van der Waals surface area contributed by atoms with E-state index in [1.807, 2.05) is 29.5 Å². The van der Waals surface area contributed by atoms with Crippen molar-refractivity contribution in [3.05, 3.63) is 75.3 Å². The van der Waals surface area contributed by atoms with Gasteiger partial charge in [-0.05, 0) is 92.0 Å². The Hall–Kier alpha value is -4.10. The highest BCUT2D eigenvalue weighted by molar-refractivity contribution is 6.41. The number of aryl methyl sites for hydroxylation is 2. The van der Waals surface area contributed by atoms with E-state index in [-0.39, 0.29) is 17.0 Å². The number of halogens is 10. The van der Waals surface area contributed by atoms with E-state index in [0.717, 1.165) is 23.1 Å². The molecule has 5 heterocycles. The summed E-state index contributed by atoms with van der Waals surface area (Å²) in [6.07, 6.45) is -8.88. The van der Waals surface area contributed by atoms with Crippen LogP contribution in [0.15, 0.2) is 24.5 Å². The SMILES string of the molecule is CCn1ncnc1C(C)(C)C1OC2(CCN(C(=O)C3CCN(C(C)(C)C)C[C@H]3c3ccc(F)c(F)c3F)CC2)c2nc(C)c(Cl)cc21.O=C(C(=O)C(F)(F)F)C(F)(F)F. The van der Waals surface area contributed by atoms with E-state index in [2.05, 4.69) is 49.6 Å². The molecule has 0 N–H and O–H groups in total. The lowest BCUT2D eigenvalue weighted by Crippen LogP contribution is -2.54. The number of fused-ring (bicyclic) bond motifs is 2. The number of nitrogens with zero attached hydrogens (tertiary/aromatic N) is 6. The van der Waals surface area contributed by atoms with Crippen LogP contribution in [-0.2, 0) is 36.7 Å². The fourth-order valence-electron chi connectivity index (χ4n) is 8.09. The van der Waals surface area contributed by atoms with Crippen LogP contribution in [-0.4, -0.2) is 91.1 Å². The zero-order valence-corrected chi connectivity index (χ0v) is 34.1. The van der Waals surface area contributed by atoms with E-state index in [0.29, 0.717) is 62.7 Å². The first kappa shape index (κ1) is 46.0. The molecule has 2 fully saturated rings. The summed E-state index contributed by atoms with van der Waals surface area (Å²) in [6.45, 7) is 16.7. The van der Waals surface area contributed by atoms with Crippen molar-refractivity contribution in [2.75, 3.05) is 26.2 Å². The number of carbonyl (C=O) groups excluding carboxylic acids is 3. The Morgan fingerprint density at radius 2 is 1.49 bits per heavy atom. The lowest BCUT2D eigenvalue weighted by atomic mass is 9.77. The third-order valence-electron chi connectivity index (χ3n) is 11.3. The molecule has 20 heteroatoms. The molecule has 1 aromatic carbocycles. The topological polar surface area (TPSA) is 111 Å². The number of rotatable bonds is 6. The highest BCUT2D eigenvalue weighted by Gasteiger charge is 2.56. The van der Waals surface area contributed by atoms with Gasteiger partial charge in [0.15, 0.2) is 17.5 Å². The van der Waals surface area contributed by atoms with Crippen LogP contribution in [0.5, 0.6) is 0 Å². The lowest BCUT2D eigenvalue weighted by molar-refractivity contribution is -0.193. The maximum atomic E-state index is 15.2. The molecule has 0 bridgehead atoms. The first-order valence-electron chi connectivity index (χ1n) is 18.8. The summed E-state index contributed by atoms with van der Waals surface area (Å²) < 4.78 is 119. The molecule has 2 unspecified atom stereocenters. The largest absolute Gasteiger partial charge is 0.458 e. The minimum atomic E-state index is -5.77. The monoisotopic (exact) mass is 866 g/mol. The van der Waals surface area contributed by atoms with Gasteiger partial charge in [0.2, 0.25) is 5.91 Å². The molecule has 6 rings (SSSR count). The van der Waals surface area contributed by atoms with Gasteiger partial charge in [0, 0.05) is 49.1 Å². The summed E-state index contributed by atoms with van der Waals surface area (Å²) in [6, 6.07) is 4.20. The van der Waals surface area contributed by atoms with Crippen LogP contribution in [0, 0.1) is 30.3 Å². The van der Waals surface area contributed by atoms with Crippen molar-refractivity contribution in [2.45, 2.75) is 115 Å². The molecule has 3 aliphatic heterocycles. The van der Waals surface area contributed by atoms with Crippen LogP contribution in [0.25, 0.3) is 0 Å². The van der Waals surface area contributed by atoms with Crippen molar-refractivity contribution < 1.29 is 58.6 Å². The summed E-state index contributed by atoms with van der Waals surface area (Å²) in [4.78, 5) is 47.1. The van der Waals surface area contributed by atoms with Gasteiger partial charge in [-0.3, -0.25) is 24.3 Å². The number of Topliss-reactive ketones (excluding diaryl/α,β-unsaturated/α-hetero) is 2. The van der Waals surface area contributed by atoms with Crippen molar-refractivity contribution in [1.29, 1.82) is 0 Å². The second kappa shape index (κ2) is 16.4. The second-order valence-corrected chi connectivity index (χ2v) is 16.9. The maximum Gasteiger partial charge on any atom is 0.458 e. The number of piperidine rings is 2. The van der Waals surface area contributed by atoms with Crippen molar-refractivity contribution in [3.63, 3.8) is 0 Å². The molecule has 1 amide bonds. The number of pyridine rings is 1. The average Bonchev–Trinajstić information content (AvgIpc) is 3.76. The molecular weight excluding hydrogens is 823 g/mol. The highest BCUT2D eigenvalue weighted by Crippen LogP contribution is 2.55. The fraction of sp³-hybridized carbons (Fsp3) is 0.590. The molecule has 324 valence electrons. The fourth-order valence-corrected chi connectivity index (χ4v) is 8.25. The Labute approximate surface area is 339 Å². The van der Waals surface area contributed by atoms with E-state index in [1.54, 1.807) is 6.33 Å². The smallest absolute Gasteiger partial charge is 0.359 e. The van der Waals surface area contributed by atoms with Gasteiger partial charge in [-0.15, -0.1) is 0 Å². The Morgan fingerprint density at radius 1 is 0.898 bits per heavy atom. The maximum absolute atomic E-state index is 15.2. The van der Waals surface area contributed by atoms with Gasteiger partial charge in [-0.2, -0.15) is 31.4 Å². The average molecular weight is 867 g/mol. The van der Waals surface area contributed by atoms with Gasteiger partial charge in [-0.25, -0.2) is 22.8 Å². The van der Waals surface area contributed by atoms with Gasteiger partial charge >= 0.3 is 23.9 Å². The van der Waals surface area contributed by atoms with Gasteiger partial charge in [-0.1, -0.05) is 17.7 Å². The molecule has 2 saturated heterocycles. The molecule has 1 spiro atoms. The number of ketones is 2. The molecule has 59 heavy (non-hydrogen) atoms. The zero-order valence-electron chi connectivity index (χ0n) is 33.3. The third kappa shape index (κ3) is 9.02. The number of aromatic nitrogens is 4. The number of amides is 1. The number of hydrogen-bond acceptors (Lipinski definition) is 8. The minimum absolute atomic E-state index is 0.0410. The molecule has 0 radical (unpaired) electrons.